The van der Waals surface area contributed by atoms with Crippen molar-refractivity contribution in [2.45, 2.75) is 77.1 Å². The maximum Gasteiger partial charge on any atom is 0.330 e. The van der Waals surface area contributed by atoms with Crippen LogP contribution in [0.25, 0.3) is 0 Å². The van der Waals surface area contributed by atoms with E-state index in [0.29, 0.717) is 32.1 Å². The van der Waals surface area contributed by atoms with Crippen molar-refractivity contribution >= 4 is 11.9 Å². The number of ether oxygens (including phenoxy) is 2. The van der Waals surface area contributed by atoms with Crippen LogP contribution in [0.2, 0.25) is 0 Å². The fraction of sp³-hybridized carbons (Fsp3) is 0.667. The first kappa shape index (κ1) is 21.4. The monoisotopic (exact) mass is 326 g/mol. The highest BCUT2D eigenvalue weighted by Gasteiger charge is 2.34. The zero-order chi connectivity index (χ0) is 17.9. The third-order valence-corrected chi connectivity index (χ3v) is 3.74. The van der Waals surface area contributed by atoms with Crippen molar-refractivity contribution in [3.63, 3.8) is 0 Å². The molecular formula is C18H30O5. The third kappa shape index (κ3) is 8.55. The van der Waals surface area contributed by atoms with Gasteiger partial charge in [0.2, 0.25) is 0 Å². The number of aliphatic hydroxyl groups is 1. The summed E-state index contributed by atoms with van der Waals surface area (Å²) in [7, 11) is 0. The minimum Gasteiger partial charge on any atom is -0.459 e. The van der Waals surface area contributed by atoms with E-state index in [-0.39, 0.29) is 0 Å². The Kier molecular flexibility index (Phi) is 10.2. The molecule has 0 heterocycles. The van der Waals surface area contributed by atoms with Gasteiger partial charge in [0, 0.05) is 25.0 Å². The Balaban J connectivity index is 4.98. The standard InChI is InChI=1S/C18H30O5/c1-6-11-18(21,12-14(7-2)22-16(19)9-4)13-15(8-3)23-17(20)10-5/h9-10,14-15,21H,4-8,11-13H2,1-3H3. The molecule has 2 unspecified atom stereocenters. The van der Waals surface area contributed by atoms with Gasteiger partial charge in [0.1, 0.15) is 12.2 Å². The SMILES string of the molecule is C=CC(=O)OC(CC)CC(O)(CCC)CC(CC)OC(=O)C=C. The van der Waals surface area contributed by atoms with Crippen molar-refractivity contribution in [3.8, 4) is 0 Å². The number of rotatable bonds is 12. The lowest BCUT2D eigenvalue weighted by Crippen LogP contribution is -2.39. The van der Waals surface area contributed by atoms with Crippen LogP contribution in [-0.2, 0) is 19.1 Å². The Hall–Kier alpha value is -1.62. The predicted molar refractivity (Wildman–Crippen MR) is 89.8 cm³/mol. The van der Waals surface area contributed by atoms with E-state index < -0.39 is 29.7 Å². The predicted octanol–water partition coefficient (Wildman–Crippen LogP) is 3.31. The number of hydrogen-bond donors (Lipinski definition) is 1. The minimum atomic E-state index is -1.06. The lowest BCUT2D eigenvalue weighted by molar-refractivity contribution is -0.150. The molecule has 0 radical (unpaired) electrons. The molecule has 0 fully saturated rings. The van der Waals surface area contributed by atoms with Crippen molar-refractivity contribution in [2.24, 2.45) is 0 Å². The molecule has 2 atom stereocenters. The van der Waals surface area contributed by atoms with Gasteiger partial charge in [-0.2, -0.15) is 0 Å². The molecule has 0 saturated heterocycles. The maximum atomic E-state index is 11.4. The first-order chi connectivity index (χ1) is 10.8. The van der Waals surface area contributed by atoms with Gasteiger partial charge in [-0.05, 0) is 19.3 Å². The van der Waals surface area contributed by atoms with Crippen LogP contribution in [0.4, 0.5) is 0 Å². The van der Waals surface area contributed by atoms with E-state index in [2.05, 4.69) is 13.2 Å². The van der Waals surface area contributed by atoms with Crippen LogP contribution in [0.1, 0.15) is 59.3 Å². The summed E-state index contributed by atoms with van der Waals surface area (Å²) in [5.74, 6) is -0.998. The van der Waals surface area contributed by atoms with E-state index in [1.54, 1.807) is 0 Å². The molecule has 5 nitrogen and oxygen atoms in total. The Bertz CT molecular complexity index is 370. The fourth-order valence-electron chi connectivity index (χ4n) is 2.56. The molecule has 0 spiro atoms. The summed E-state index contributed by atoms with van der Waals surface area (Å²) in [6.45, 7) is 12.5. The van der Waals surface area contributed by atoms with Crippen LogP contribution in [0.5, 0.6) is 0 Å². The fourth-order valence-corrected chi connectivity index (χ4v) is 2.56. The van der Waals surface area contributed by atoms with Gasteiger partial charge in [-0.3, -0.25) is 0 Å². The second-order valence-corrected chi connectivity index (χ2v) is 5.73. The van der Waals surface area contributed by atoms with E-state index in [1.807, 2.05) is 20.8 Å². The van der Waals surface area contributed by atoms with E-state index in [1.165, 1.54) is 0 Å². The van der Waals surface area contributed by atoms with E-state index in [9.17, 15) is 14.7 Å². The molecule has 0 aliphatic rings. The average molecular weight is 326 g/mol. The molecule has 0 aliphatic heterocycles. The molecule has 0 bridgehead atoms. The normalized spacial score (nSPS) is 15.8. The van der Waals surface area contributed by atoms with E-state index >= 15 is 0 Å². The molecule has 5 heteroatoms. The molecular weight excluding hydrogens is 296 g/mol. The second-order valence-electron chi connectivity index (χ2n) is 5.73. The summed E-state index contributed by atoms with van der Waals surface area (Å²) >= 11 is 0. The van der Waals surface area contributed by atoms with Crippen molar-refractivity contribution in [1.82, 2.24) is 0 Å². The highest BCUT2D eigenvalue weighted by atomic mass is 16.5. The summed E-state index contributed by atoms with van der Waals surface area (Å²) in [6, 6.07) is 0. The van der Waals surface area contributed by atoms with Crippen LogP contribution in [0.3, 0.4) is 0 Å². The third-order valence-electron chi connectivity index (χ3n) is 3.74. The summed E-state index contributed by atoms with van der Waals surface area (Å²) in [6.07, 6.45) is 4.53. The molecule has 0 rings (SSSR count). The molecule has 0 amide bonds. The molecule has 0 saturated carbocycles. The number of esters is 2. The zero-order valence-electron chi connectivity index (χ0n) is 14.5. The summed E-state index contributed by atoms with van der Waals surface area (Å²) in [5, 5.41) is 11.0. The van der Waals surface area contributed by atoms with E-state index in [0.717, 1.165) is 18.6 Å². The van der Waals surface area contributed by atoms with Gasteiger partial charge in [0.05, 0.1) is 5.60 Å². The lowest BCUT2D eigenvalue weighted by Gasteiger charge is -2.34. The van der Waals surface area contributed by atoms with Crippen LogP contribution < -0.4 is 0 Å². The Morgan fingerprint density at radius 1 is 1.00 bits per heavy atom. The zero-order valence-corrected chi connectivity index (χ0v) is 14.5. The van der Waals surface area contributed by atoms with Gasteiger partial charge in [-0.15, -0.1) is 0 Å². The smallest absolute Gasteiger partial charge is 0.330 e. The Morgan fingerprint density at radius 2 is 1.39 bits per heavy atom. The van der Waals surface area contributed by atoms with Crippen LogP contribution in [0, 0.1) is 0 Å². The highest BCUT2D eigenvalue weighted by molar-refractivity contribution is 5.81. The second kappa shape index (κ2) is 11.0. The molecule has 0 aromatic heterocycles. The topological polar surface area (TPSA) is 72.8 Å². The largest absolute Gasteiger partial charge is 0.459 e. The van der Waals surface area contributed by atoms with Gasteiger partial charge in [0.15, 0.2) is 0 Å². The highest BCUT2D eigenvalue weighted by Crippen LogP contribution is 2.29. The summed E-state index contributed by atoms with van der Waals surface area (Å²) < 4.78 is 10.5. The molecule has 0 aromatic carbocycles. The summed E-state index contributed by atoms with van der Waals surface area (Å²) in [4.78, 5) is 22.8. The summed E-state index contributed by atoms with van der Waals surface area (Å²) in [5.41, 5.74) is -1.06. The molecule has 0 aromatic rings. The van der Waals surface area contributed by atoms with Crippen molar-refractivity contribution in [1.29, 1.82) is 0 Å². The van der Waals surface area contributed by atoms with Crippen LogP contribution in [0.15, 0.2) is 25.3 Å². The Morgan fingerprint density at radius 3 is 1.65 bits per heavy atom. The molecule has 132 valence electrons. The lowest BCUT2D eigenvalue weighted by atomic mass is 9.84. The van der Waals surface area contributed by atoms with Crippen molar-refractivity contribution < 1.29 is 24.2 Å². The molecule has 1 N–H and O–H groups in total. The van der Waals surface area contributed by atoms with Crippen LogP contribution >= 0.6 is 0 Å². The van der Waals surface area contributed by atoms with Gasteiger partial charge < -0.3 is 14.6 Å². The van der Waals surface area contributed by atoms with Gasteiger partial charge in [-0.1, -0.05) is 40.3 Å². The van der Waals surface area contributed by atoms with Crippen molar-refractivity contribution in [2.75, 3.05) is 0 Å². The van der Waals surface area contributed by atoms with Gasteiger partial charge in [0.25, 0.3) is 0 Å². The first-order valence-electron chi connectivity index (χ1n) is 8.22. The quantitative estimate of drug-likeness (QED) is 0.440. The molecule has 23 heavy (non-hydrogen) atoms. The van der Waals surface area contributed by atoms with E-state index in [4.69, 9.17) is 9.47 Å². The van der Waals surface area contributed by atoms with Gasteiger partial charge >= 0.3 is 11.9 Å². The first-order valence-corrected chi connectivity index (χ1v) is 8.22. The maximum absolute atomic E-state index is 11.4. The van der Waals surface area contributed by atoms with Crippen LogP contribution in [-0.4, -0.2) is 34.9 Å². The minimum absolute atomic E-state index is 0.305. The Labute approximate surface area is 139 Å². The average Bonchev–Trinajstić information content (AvgIpc) is 2.53. The number of carbonyl (C=O) groups is 2. The number of hydrogen-bond acceptors (Lipinski definition) is 5. The number of carbonyl (C=O) groups excluding carboxylic acids is 2. The van der Waals surface area contributed by atoms with Crippen molar-refractivity contribution in [3.05, 3.63) is 25.3 Å². The van der Waals surface area contributed by atoms with Gasteiger partial charge in [-0.25, -0.2) is 9.59 Å². The molecule has 0 aliphatic carbocycles.